The maximum absolute atomic E-state index is 5.70. The third kappa shape index (κ3) is 4.55. The van der Waals surface area contributed by atoms with Crippen LogP contribution in [0, 0.1) is 6.92 Å². The summed E-state index contributed by atoms with van der Waals surface area (Å²) in [5, 5.41) is 13.8. The van der Waals surface area contributed by atoms with Crippen LogP contribution in [0.5, 0.6) is 5.75 Å². The highest BCUT2D eigenvalue weighted by Gasteiger charge is 2.19. The van der Waals surface area contributed by atoms with E-state index in [4.69, 9.17) is 9.26 Å². The van der Waals surface area contributed by atoms with Crippen LogP contribution in [0.15, 0.2) is 82.7 Å². The van der Waals surface area contributed by atoms with Crippen LogP contribution in [0.3, 0.4) is 0 Å². The van der Waals surface area contributed by atoms with Gasteiger partial charge in [0.15, 0.2) is 11.0 Å². The molecule has 170 valence electrons. The summed E-state index contributed by atoms with van der Waals surface area (Å²) < 4.78 is 13.3. The summed E-state index contributed by atoms with van der Waals surface area (Å²) in [5.41, 5.74) is 3.87. The van der Waals surface area contributed by atoms with Gasteiger partial charge in [0.2, 0.25) is 11.7 Å². The minimum absolute atomic E-state index is 0.449. The maximum Gasteiger partial charge on any atom is 0.237 e. The van der Waals surface area contributed by atoms with Crippen molar-refractivity contribution in [2.45, 2.75) is 24.8 Å². The topological polar surface area (TPSA) is 91.8 Å². The quantitative estimate of drug-likeness (QED) is 0.279. The highest BCUT2D eigenvalue weighted by Crippen LogP contribution is 2.31. The third-order valence-corrected chi connectivity index (χ3v) is 5.97. The molecule has 0 aliphatic heterocycles. The standard InChI is InChI=1S/C25H22N6O2S/c1-3-32-21-10-5-4-9-20(21)23-27-22(33-30-23)16-34-25-29-28-24(18-11-13-26-14-12-18)31(25)19-8-6-7-17(2)15-19/h4-15H,3,16H2,1-2H3. The van der Waals surface area contributed by atoms with Crippen LogP contribution in [-0.2, 0) is 5.75 Å². The number of hydrogen-bond acceptors (Lipinski definition) is 8. The Morgan fingerprint density at radius 2 is 1.85 bits per heavy atom. The number of aromatic nitrogens is 6. The van der Waals surface area contributed by atoms with Crippen LogP contribution in [0.25, 0.3) is 28.5 Å². The monoisotopic (exact) mass is 470 g/mol. The number of benzene rings is 2. The Bertz CT molecular complexity index is 1400. The molecule has 9 heteroatoms. The molecule has 0 bridgehead atoms. The molecule has 0 spiro atoms. The van der Waals surface area contributed by atoms with Gasteiger partial charge in [0.25, 0.3) is 0 Å². The van der Waals surface area contributed by atoms with Crippen molar-refractivity contribution in [3.8, 4) is 34.2 Å². The Kier molecular flexibility index (Phi) is 6.35. The van der Waals surface area contributed by atoms with Gasteiger partial charge in [-0.2, -0.15) is 4.98 Å². The zero-order valence-electron chi connectivity index (χ0n) is 18.8. The summed E-state index contributed by atoms with van der Waals surface area (Å²) in [6, 6.07) is 19.7. The van der Waals surface area contributed by atoms with Gasteiger partial charge in [-0.25, -0.2) is 0 Å². The zero-order valence-corrected chi connectivity index (χ0v) is 19.6. The van der Waals surface area contributed by atoms with Crippen molar-refractivity contribution >= 4 is 11.8 Å². The molecule has 5 rings (SSSR count). The van der Waals surface area contributed by atoms with E-state index in [1.54, 1.807) is 12.4 Å². The van der Waals surface area contributed by atoms with Crippen LogP contribution in [0.2, 0.25) is 0 Å². The van der Waals surface area contributed by atoms with Gasteiger partial charge >= 0.3 is 0 Å². The molecule has 34 heavy (non-hydrogen) atoms. The van der Waals surface area contributed by atoms with Crippen molar-refractivity contribution in [3.63, 3.8) is 0 Å². The molecule has 3 aromatic heterocycles. The van der Waals surface area contributed by atoms with E-state index in [1.807, 2.05) is 60.0 Å². The fourth-order valence-electron chi connectivity index (χ4n) is 3.53. The fraction of sp³-hybridized carbons (Fsp3) is 0.160. The largest absolute Gasteiger partial charge is 0.493 e. The molecule has 0 N–H and O–H groups in total. The number of ether oxygens (including phenoxy) is 1. The number of para-hydroxylation sites is 1. The SMILES string of the molecule is CCOc1ccccc1-c1noc(CSc2nnc(-c3ccncc3)n2-c2cccc(C)c2)n1. The van der Waals surface area contributed by atoms with Crippen LogP contribution in [-0.4, -0.2) is 36.5 Å². The number of hydrogen-bond donors (Lipinski definition) is 0. The molecule has 5 aromatic rings. The highest BCUT2D eigenvalue weighted by molar-refractivity contribution is 7.98. The molecule has 0 unspecified atom stereocenters. The molecule has 3 heterocycles. The first-order chi connectivity index (χ1) is 16.7. The Hall–Kier alpha value is -3.98. The minimum atomic E-state index is 0.449. The number of rotatable bonds is 8. The van der Waals surface area contributed by atoms with E-state index in [2.05, 4.69) is 44.4 Å². The van der Waals surface area contributed by atoms with Gasteiger partial charge in [0.05, 0.1) is 17.9 Å². The summed E-state index contributed by atoms with van der Waals surface area (Å²) in [7, 11) is 0. The molecule has 0 fully saturated rings. The van der Waals surface area contributed by atoms with E-state index in [9.17, 15) is 0 Å². The van der Waals surface area contributed by atoms with Crippen LogP contribution < -0.4 is 4.74 Å². The minimum Gasteiger partial charge on any atom is -0.493 e. The highest BCUT2D eigenvalue weighted by atomic mass is 32.2. The van der Waals surface area contributed by atoms with Crippen LogP contribution >= 0.6 is 11.8 Å². The second-order valence-electron chi connectivity index (χ2n) is 7.45. The van der Waals surface area contributed by atoms with Crippen LogP contribution in [0.4, 0.5) is 0 Å². The molecule has 0 aliphatic carbocycles. The predicted octanol–water partition coefficient (Wildman–Crippen LogP) is 5.38. The number of nitrogens with zero attached hydrogens (tertiary/aromatic N) is 6. The molecule has 8 nitrogen and oxygen atoms in total. The Balaban J connectivity index is 1.44. The molecule has 0 saturated carbocycles. The molecule has 2 aromatic carbocycles. The molecule has 0 saturated heterocycles. The van der Waals surface area contributed by atoms with Crippen molar-refractivity contribution in [2.24, 2.45) is 0 Å². The van der Waals surface area contributed by atoms with Gasteiger partial charge < -0.3 is 9.26 Å². The molecular formula is C25H22N6O2S. The van der Waals surface area contributed by atoms with Crippen molar-refractivity contribution in [2.75, 3.05) is 6.61 Å². The Morgan fingerprint density at radius 3 is 2.68 bits per heavy atom. The number of thioether (sulfide) groups is 1. The van der Waals surface area contributed by atoms with Gasteiger partial charge in [-0.15, -0.1) is 10.2 Å². The average Bonchev–Trinajstić information content (AvgIpc) is 3.51. The lowest BCUT2D eigenvalue weighted by atomic mass is 10.2. The Labute approximate surface area is 201 Å². The van der Waals surface area contributed by atoms with Crippen molar-refractivity contribution in [3.05, 3.63) is 84.5 Å². The van der Waals surface area contributed by atoms with Crippen molar-refractivity contribution in [1.29, 1.82) is 0 Å². The van der Waals surface area contributed by atoms with Crippen molar-refractivity contribution < 1.29 is 9.26 Å². The van der Waals surface area contributed by atoms with Gasteiger partial charge in [-0.05, 0) is 55.8 Å². The summed E-state index contributed by atoms with van der Waals surface area (Å²) in [6.07, 6.45) is 3.49. The molecule has 0 atom stereocenters. The van der Waals surface area contributed by atoms with E-state index in [-0.39, 0.29) is 0 Å². The summed E-state index contributed by atoms with van der Waals surface area (Å²) in [5.74, 6) is 2.91. The van der Waals surface area contributed by atoms with E-state index >= 15 is 0 Å². The second kappa shape index (κ2) is 9.88. The van der Waals surface area contributed by atoms with Crippen molar-refractivity contribution in [1.82, 2.24) is 29.9 Å². The van der Waals surface area contributed by atoms with E-state index < -0.39 is 0 Å². The van der Waals surface area contributed by atoms with Gasteiger partial charge in [-0.1, -0.05) is 41.2 Å². The van der Waals surface area contributed by atoms with Gasteiger partial charge in [0, 0.05) is 23.6 Å². The smallest absolute Gasteiger partial charge is 0.237 e. The first-order valence-electron chi connectivity index (χ1n) is 10.8. The molecule has 0 radical (unpaired) electrons. The van der Waals surface area contributed by atoms with E-state index in [0.29, 0.717) is 24.1 Å². The zero-order chi connectivity index (χ0) is 23.3. The lowest BCUT2D eigenvalue weighted by Gasteiger charge is -2.10. The fourth-order valence-corrected chi connectivity index (χ4v) is 4.32. The third-order valence-electron chi connectivity index (χ3n) is 5.05. The molecular weight excluding hydrogens is 448 g/mol. The Morgan fingerprint density at radius 1 is 1.00 bits per heavy atom. The maximum atomic E-state index is 5.70. The normalized spacial score (nSPS) is 11.0. The van der Waals surface area contributed by atoms with Gasteiger partial charge in [-0.3, -0.25) is 9.55 Å². The summed E-state index contributed by atoms with van der Waals surface area (Å²) in [6.45, 7) is 4.57. The lowest BCUT2D eigenvalue weighted by molar-refractivity contribution is 0.341. The first kappa shape index (κ1) is 21.8. The molecule has 0 aliphatic rings. The first-order valence-corrected chi connectivity index (χ1v) is 11.8. The summed E-state index contributed by atoms with van der Waals surface area (Å²) >= 11 is 1.49. The predicted molar refractivity (Wildman–Crippen MR) is 130 cm³/mol. The van der Waals surface area contributed by atoms with E-state index in [1.165, 1.54) is 11.8 Å². The van der Waals surface area contributed by atoms with E-state index in [0.717, 1.165) is 39.1 Å². The average molecular weight is 471 g/mol. The van der Waals surface area contributed by atoms with Crippen LogP contribution in [0.1, 0.15) is 18.4 Å². The summed E-state index contributed by atoms with van der Waals surface area (Å²) in [4.78, 5) is 8.69. The second-order valence-corrected chi connectivity index (χ2v) is 8.39. The lowest BCUT2D eigenvalue weighted by Crippen LogP contribution is -2.00. The number of pyridine rings is 1. The number of aryl methyl sites for hydroxylation is 1. The van der Waals surface area contributed by atoms with Gasteiger partial charge in [0.1, 0.15) is 5.75 Å². The molecule has 0 amide bonds.